The number of hydrogen-bond acceptors (Lipinski definition) is 3. The molecule has 1 aromatic carbocycles. The maximum atomic E-state index is 9.95. The molecular formula is C15H22BrNO2. The van der Waals surface area contributed by atoms with Crippen molar-refractivity contribution in [2.75, 3.05) is 6.54 Å². The van der Waals surface area contributed by atoms with E-state index in [9.17, 15) is 5.11 Å². The Morgan fingerprint density at radius 2 is 2.16 bits per heavy atom. The third-order valence-electron chi connectivity index (χ3n) is 3.54. The van der Waals surface area contributed by atoms with Crippen molar-refractivity contribution in [2.24, 2.45) is 0 Å². The lowest BCUT2D eigenvalue weighted by molar-refractivity contribution is 0.00683. The first-order valence-electron chi connectivity index (χ1n) is 7.04. The van der Waals surface area contributed by atoms with E-state index < -0.39 is 0 Å². The van der Waals surface area contributed by atoms with E-state index in [0.29, 0.717) is 0 Å². The zero-order valence-electron chi connectivity index (χ0n) is 11.4. The second kappa shape index (κ2) is 7.27. The van der Waals surface area contributed by atoms with Crippen LogP contribution in [0.2, 0.25) is 0 Å². The molecule has 1 saturated carbocycles. The molecule has 1 fully saturated rings. The molecule has 0 aromatic heterocycles. The highest BCUT2D eigenvalue weighted by atomic mass is 79.9. The summed E-state index contributed by atoms with van der Waals surface area (Å²) in [5, 5.41) is 13.3. The topological polar surface area (TPSA) is 41.5 Å². The fourth-order valence-corrected chi connectivity index (χ4v) is 2.80. The fourth-order valence-electron chi connectivity index (χ4n) is 2.41. The lowest BCUT2D eigenvalue weighted by atomic mass is 9.95. The molecule has 0 bridgehead atoms. The Bertz CT molecular complexity index is 411. The Morgan fingerprint density at radius 3 is 2.89 bits per heavy atom. The van der Waals surface area contributed by atoms with E-state index in [1.165, 1.54) is 5.56 Å². The van der Waals surface area contributed by atoms with Gasteiger partial charge in [0.1, 0.15) is 11.9 Å². The van der Waals surface area contributed by atoms with Crippen LogP contribution in [0.1, 0.15) is 38.2 Å². The molecule has 2 N–H and O–H groups in total. The normalized spacial score (nSPS) is 23.3. The van der Waals surface area contributed by atoms with E-state index >= 15 is 0 Å². The molecule has 0 heterocycles. The van der Waals surface area contributed by atoms with Gasteiger partial charge in [-0.3, -0.25) is 0 Å². The van der Waals surface area contributed by atoms with E-state index in [2.05, 4.69) is 28.2 Å². The van der Waals surface area contributed by atoms with Crippen LogP contribution in [0.25, 0.3) is 0 Å². The van der Waals surface area contributed by atoms with Crippen LogP contribution in [-0.2, 0) is 6.54 Å². The van der Waals surface area contributed by atoms with Gasteiger partial charge in [-0.25, -0.2) is 0 Å². The highest BCUT2D eigenvalue weighted by Crippen LogP contribution is 2.27. The predicted octanol–water partition coefficient (Wildman–Crippen LogP) is 3.24. The molecule has 0 aliphatic heterocycles. The van der Waals surface area contributed by atoms with Crippen molar-refractivity contribution in [2.45, 2.75) is 51.4 Å². The number of benzene rings is 1. The molecule has 0 radical (unpaired) electrons. The molecule has 0 amide bonds. The number of ether oxygens (including phenoxy) is 1. The lowest BCUT2D eigenvalue weighted by Crippen LogP contribution is -2.34. The standard InChI is InChI=1S/C15H22BrNO2/c1-2-17-10-11-9-12(7-8-13(11)16)19-15-6-4-3-5-14(15)18/h7-9,14-15,17-18H,2-6,10H2,1H3. The number of hydrogen-bond donors (Lipinski definition) is 2. The maximum Gasteiger partial charge on any atom is 0.124 e. The van der Waals surface area contributed by atoms with Crippen molar-refractivity contribution in [3.05, 3.63) is 28.2 Å². The van der Waals surface area contributed by atoms with Gasteiger partial charge >= 0.3 is 0 Å². The molecular weight excluding hydrogens is 306 g/mol. The molecule has 2 unspecified atom stereocenters. The molecule has 4 heteroatoms. The lowest BCUT2D eigenvalue weighted by Gasteiger charge is -2.28. The summed E-state index contributed by atoms with van der Waals surface area (Å²) in [5.41, 5.74) is 1.18. The van der Waals surface area contributed by atoms with Crippen LogP contribution in [-0.4, -0.2) is 23.9 Å². The molecule has 0 saturated heterocycles. The molecule has 0 spiro atoms. The molecule has 3 nitrogen and oxygen atoms in total. The summed E-state index contributed by atoms with van der Waals surface area (Å²) in [7, 11) is 0. The number of aliphatic hydroxyl groups is 1. The van der Waals surface area contributed by atoms with Crippen LogP contribution >= 0.6 is 15.9 Å². The smallest absolute Gasteiger partial charge is 0.124 e. The van der Waals surface area contributed by atoms with Crippen molar-refractivity contribution >= 4 is 15.9 Å². The highest BCUT2D eigenvalue weighted by molar-refractivity contribution is 9.10. The molecule has 2 atom stereocenters. The number of nitrogens with one attached hydrogen (secondary N) is 1. The molecule has 1 aliphatic rings. The van der Waals surface area contributed by atoms with Crippen molar-refractivity contribution in [3.8, 4) is 5.75 Å². The van der Waals surface area contributed by atoms with Gasteiger partial charge in [0.25, 0.3) is 0 Å². The predicted molar refractivity (Wildman–Crippen MR) is 80.4 cm³/mol. The van der Waals surface area contributed by atoms with E-state index in [0.717, 1.165) is 49.0 Å². The summed E-state index contributed by atoms with van der Waals surface area (Å²) < 4.78 is 7.03. The molecule has 1 aromatic rings. The van der Waals surface area contributed by atoms with Crippen molar-refractivity contribution in [1.82, 2.24) is 5.32 Å². The van der Waals surface area contributed by atoms with Gasteiger partial charge in [-0.05, 0) is 49.6 Å². The average molecular weight is 328 g/mol. The quantitative estimate of drug-likeness (QED) is 0.872. The van der Waals surface area contributed by atoms with Gasteiger partial charge < -0.3 is 15.2 Å². The zero-order valence-corrected chi connectivity index (χ0v) is 12.9. The summed E-state index contributed by atoms with van der Waals surface area (Å²) in [6.45, 7) is 3.85. The van der Waals surface area contributed by atoms with E-state index in [1.807, 2.05) is 18.2 Å². The number of aliphatic hydroxyl groups excluding tert-OH is 1. The van der Waals surface area contributed by atoms with E-state index in [4.69, 9.17) is 4.74 Å². The molecule has 19 heavy (non-hydrogen) atoms. The fraction of sp³-hybridized carbons (Fsp3) is 0.600. The summed E-state index contributed by atoms with van der Waals surface area (Å²) in [4.78, 5) is 0. The van der Waals surface area contributed by atoms with Crippen molar-refractivity contribution in [1.29, 1.82) is 0 Å². The third kappa shape index (κ3) is 4.20. The monoisotopic (exact) mass is 327 g/mol. The Kier molecular flexibility index (Phi) is 5.67. The zero-order chi connectivity index (χ0) is 13.7. The van der Waals surface area contributed by atoms with Gasteiger partial charge in [-0.15, -0.1) is 0 Å². The first-order chi connectivity index (χ1) is 9.20. The second-order valence-corrected chi connectivity index (χ2v) is 5.90. The second-order valence-electron chi connectivity index (χ2n) is 5.04. The Hall–Kier alpha value is -0.580. The van der Waals surface area contributed by atoms with Crippen LogP contribution in [0.3, 0.4) is 0 Å². The van der Waals surface area contributed by atoms with Gasteiger partial charge in [0.05, 0.1) is 6.10 Å². The van der Waals surface area contributed by atoms with Gasteiger partial charge in [-0.2, -0.15) is 0 Å². The van der Waals surface area contributed by atoms with Gasteiger partial charge in [0, 0.05) is 11.0 Å². The Labute approximate surface area is 123 Å². The van der Waals surface area contributed by atoms with Crippen molar-refractivity contribution < 1.29 is 9.84 Å². The third-order valence-corrected chi connectivity index (χ3v) is 4.31. The molecule has 106 valence electrons. The van der Waals surface area contributed by atoms with Crippen LogP contribution in [0.5, 0.6) is 5.75 Å². The summed E-state index contributed by atoms with van der Waals surface area (Å²) >= 11 is 3.55. The van der Waals surface area contributed by atoms with Crippen LogP contribution in [0.4, 0.5) is 0 Å². The number of halogens is 1. The summed E-state index contributed by atoms with van der Waals surface area (Å²) in [6.07, 6.45) is 3.66. The minimum Gasteiger partial charge on any atom is -0.488 e. The Morgan fingerprint density at radius 1 is 1.37 bits per heavy atom. The molecule has 2 rings (SSSR count). The van der Waals surface area contributed by atoms with Crippen LogP contribution in [0, 0.1) is 0 Å². The van der Waals surface area contributed by atoms with E-state index in [1.54, 1.807) is 0 Å². The van der Waals surface area contributed by atoms with Crippen molar-refractivity contribution in [3.63, 3.8) is 0 Å². The summed E-state index contributed by atoms with van der Waals surface area (Å²) in [5.74, 6) is 0.849. The van der Waals surface area contributed by atoms with Crippen LogP contribution < -0.4 is 10.1 Å². The first-order valence-corrected chi connectivity index (χ1v) is 7.84. The van der Waals surface area contributed by atoms with E-state index in [-0.39, 0.29) is 12.2 Å². The average Bonchev–Trinajstić information content (AvgIpc) is 2.42. The van der Waals surface area contributed by atoms with Crippen LogP contribution in [0.15, 0.2) is 22.7 Å². The molecule has 1 aliphatic carbocycles. The summed E-state index contributed by atoms with van der Waals surface area (Å²) in [6, 6.07) is 6.02. The first kappa shape index (κ1) is 14.8. The van der Waals surface area contributed by atoms with Gasteiger partial charge in [0.2, 0.25) is 0 Å². The Balaban J connectivity index is 2.03. The minimum absolute atomic E-state index is 0.0538. The van der Waals surface area contributed by atoms with Gasteiger partial charge in [0.15, 0.2) is 0 Å². The van der Waals surface area contributed by atoms with Gasteiger partial charge in [-0.1, -0.05) is 29.3 Å². The maximum absolute atomic E-state index is 9.95. The minimum atomic E-state index is -0.324. The highest BCUT2D eigenvalue weighted by Gasteiger charge is 2.24. The number of rotatable bonds is 5. The largest absolute Gasteiger partial charge is 0.488 e. The SMILES string of the molecule is CCNCc1cc(OC2CCCCC2O)ccc1Br.